The maximum Gasteiger partial charge on any atom is 0.317 e. The lowest BCUT2D eigenvalue weighted by molar-refractivity contribution is 0.102. The minimum atomic E-state index is -3.91. The molecule has 1 unspecified atom stereocenters. The smallest absolute Gasteiger partial charge is 0.317 e. The number of sulfone groups is 1. The highest BCUT2D eigenvalue weighted by molar-refractivity contribution is 7.91. The molecule has 1 aromatic heterocycles. The first-order valence-electron chi connectivity index (χ1n) is 8.85. The van der Waals surface area contributed by atoms with Crippen molar-refractivity contribution in [2.24, 2.45) is 0 Å². The number of rotatable bonds is 7. The Morgan fingerprint density at radius 1 is 1.16 bits per heavy atom. The van der Waals surface area contributed by atoms with Crippen LogP contribution in [0.15, 0.2) is 59.6 Å². The molecule has 1 amide bonds. The molecule has 0 spiro atoms. The summed E-state index contributed by atoms with van der Waals surface area (Å²) < 4.78 is 39.0. The fraction of sp³-hybridized carbons (Fsp3) is 0.105. The molecule has 0 aliphatic heterocycles. The number of nitrogens with zero attached hydrogens (tertiary/aromatic N) is 2. The largest absolute Gasteiger partial charge is 0.382 e. The molecule has 0 saturated carbocycles. The topological polar surface area (TPSA) is 162 Å². The fourth-order valence-electron chi connectivity index (χ4n) is 2.56. The van der Waals surface area contributed by atoms with E-state index in [9.17, 15) is 17.8 Å². The molecule has 0 fully saturated rings. The molecule has 31 heavy (non-hydrogen) atoms. The van der Waals surface area contributed by atoms with E-state index in [1.807, 2.05) is 31.2 Å². The van der Waals surface area contributed by atoms with Crippen molar-refractivity contribution in [1.82, 2.24) is 9.97 Å². The number of hydrogen-bond donors (Lipinski definition) is 3. The lowest BCUT2D eigenvalue weighted by Crippen LogP contribution is -2.17. The van der Waals surface area contributed by atoms with Gasteiger partial charge in [0.2, 0.25) is 9.84 Å². The van der Waals surface area contributed by atoms with E-state index < -0.39 is 29.9 Å². The maximum absolute atomic E-state index is 12.6. The van der Waals surface area contributed by atoms with Gasteiger partial charge in [-0.1, -0.05) is 29.8 Å². The Morgan fingerprint density at radius 3 is 2.42 bits per heavy atom. The van der Waals surface area contributed by atoms with Crippen molar-refractivity contribution in [1.29, 1.82) is 0 Å². The summed E-state index contributed by atoms with van der Waals surface area (Å²) in [7, 11) is -7.28. The van der Waals surface area contributed by atoms with Crippen molar-refractivity contribution in [2.45, 2.75) is 11.8 Å². The van der Waals surface area contributed by atoms with Crippen LogP contribution in [0, 0.1) is 6.92 Å². The lowest BCUT2D eigenvalue weighted by atomic mass is 10.1. The molecule has 0 aliphatic rings. The normalized spacial score (nSPS) is 12.3. The Labute approximate surface area is 179 Å². The van der Waals surface area contributed by atoms with Crippen molar-refractivity contribution < 1.29 is 27.2 Å². The summed E-state index contributed by atoms with van der Waals surface area (Å²) in [5.41, 5.74) is 8.36. The summed E-state index contributed by atoms with van der Waals surface area (Å²) in [4.78, 5) is 29.5. The molecule has 1 heterocycles. The van der Waals surface area contributed by atoms with Gasteiger partial charge in [-0.15, -0.1) is 0 Å². The zero-order valence-electron chi connectivity index (χ0n) is 16.3. The Bertz CT molecular complexity index is 1230. The molecule has 0 bridgehead atoms. The highest BCUT2D eigenvalue weighted by atomic mass is 32.2. The predicted molar refractivity (Wildman–Crippen MR) is 115 cm³/mol. The number of amides is 1. The second-order valence-electron chi connectivity index (χ2n) is 6.48. The van der Waals surface area contributed by atoms with E-state index in [1.54, 1.807) is 0 Å². The monoisotopic (exact) mass is 462 g/mol. The van der Waals surface area contributed by atoms with Gasteiger partial charge in [0.05, 0.1) is 16.8 Å². The summed E-state index contributed by atoms with van der Waals surface area (Å²) in [6.45, 7) is 1.95. The number of nitrogen functional groups attached to an aromatic ring is 1. The van der Waals surface area contributed by atoms with Crippen LogP contribution < -0.4 is 11.1 Å². The third-order valence-corrected chi connectivity index (χ3v) is 6.19. The Morgan fingerprint density at radius 2 is 1.81 bits per heavy atom. The van der Waals surface area contributed by atoms with Crippen LogP contribution in [-0.4, -0.2) is 35.1 Å². The number of nitrogens with two attached hydrogens (primary N) is 1. The van der Waals surface area contributed by atoms with Crippen LogP contribution in [0.5, 0.6) is 0 Å². The van der Waals surface area contributed by atoms with E-state index in [0.29, 0.717) is 11.4 Å². The van der Waals surface area contributed by atoms with E-state index in [1.165, 1.54) is 30.5 Å². The van der Waals surface area contributed by atoms with E-state index in [0.717, 1.165) is 11.1 Å². The van der Waals surface area contributed by atoms with Crippen LogP contribution >= 0.6 is 8.25 Å². The SMILES string of the molecule is Cc1ccc(-c2cnc(N)c(C(=O)Nc3ccc(S(=O)(=O)CO[PH](=O)O)cc3)n2)cc1. The van der Waals surface area contributed by atoms with Gasteiger partial charge in [-0.05, 0) is 31.2 Å². The molecule has 0 saturated heterocycles. The molecule has 12 heteroatoms. The molecule has 0 radical (unpaired) electrons. The molecule has 2 aromatic carbocycles. The number of aromatic nitrogens is 2. The number of carbonyl (C=O) groups excluding carboxylic acids is 1. The molecule has 3 aromatic rings. The summed E-state index contributed by atoms with van der Waals surface area (Å²) in [6.07, 6.45) is 1.47. The average molecular weight is 462 g/mol. The first-order chi connectivity index (χ1) is 14.7. The first kappa shape index (κ1) is 22.6. The zero-order chi connectivity index (χ0) is 22.6. The van der Waals surface area contributed by atoms with Crippen molar-refractivity contribution in [3.8, 4) is 11.3 Å². The zero-order valence-corrected chi connectivity index (χ0v) is 18.1. The van der Waals surface area contributed by atoms with E-state index >= 15 is 0 Å². The van der Waals surface area contributed by atoms with Crippen molar-refractivity contribution >= 4 is 35.5 Å². The third kappa shape index (κ3) is 5.74. The van der Waals surface area contributed by atoms with Gasteiger partial charge in [-0.2, -0.15) is 0 Å². The molecule has 1 atom stereocenters. The van der Waals surface area contributed by atoms with Crippen LogP contribution in [0.1, 0.15) is 16.1 Å². The number of anilines is 2. The van der Waals surface area contributed by atoms with Gasteiger partial charge in [0.25, 0.3) is 5.91 Å². The van der Waals surface area contributed by atoms with Gasteiger partial charge in [0.15, 0.2) is 17.5 Å². The molecule has 3 rings (SSSR count). The maximum atomic E-state index is 12.6. The number of hydrogen-bond acceptors (Lipinski definition) is 8. The number of carbonyl (C=O) groups is 1. The highest BCUT2D eigenvalue weighted by Gasteiger charge is 2.18. The number of aryl methyl sites for hydroxylation is 1. The second kappa shape index (κ2) is 9.36. The van der Waals surface area contributed by atoms with Gasteiger partial charge >= 0.3 is 8.25 Å². The predicted octanol–water partition coefficient (Wildman–Crippen LogP) is 2.42. The quantitative estimate of drug-likeness (QED) is 0.448. The van der Waals surface area contributed by atoms with E-state index in [4.69, 9.17) is 10.6 Å². The molecule has 10 nitrogen and oxygen atoms in total. The van der Waals surface area contributed by atoms with E-state index in [2.05, 4.69) is 19.8 Å². The van der Waals surface area contributed by atoms with Crippen molar-refractivity contribution in [2.75, 3.05) is 17.0 Å². The standard InChI is InChI=1S/C19H19N4O6PS/c1-12-2-4-13(5-3-12)16-10-21-18(20)17(23-16)19(24)22-14-6-8-15(9-7-14)31(27,28)11-29-30(25)26/h2-10,30H,11H2,1H3,(H2,20,21)(H,22,24)(H,25,26). The lowest BCUT2D eigenvalue weighted by Gasteiger charge is -2.09. The molecule has 4 N–H and O–H groups in total. The Hall–Kier alpha value is -3.11. The van der Waals surface area contributed by atoms with Gasteiger partial charge in [0.1, 0.15) is 0 Å². The first-order valence-corrected chi connectivity index (χ1v) is 11.8. The minimum absolute atomic E-state index is 0.0519. The summed E-state index contributed by atoms with van der Waals surface area (Å²) in [5, 5.41) is 2.58. The van der Waals surface area contributed by atoms with Crippen molar-refractivity contribution in [3.05, 3.63) is 66.0 Å². The van der Waals surface area contributed by atoms with Crippen LogP contribution in [0.2, 0.25) is 0 Å². The molecular formula is C19H19N4O6PS. The van der Waals surface area contributed by atoms with Crippen molar-refractivity contribution in [3.63, 3.8) is 0 Å². The van der Waals surface area contributed by atoms with Gasteiger partial charge < -0.3 is 15.9 Å². The summed E-state index contributed by atoms with van der Waals surface area (Å²) in [6, 6.07) is 12.7. The second-order valence-corrected chi connectivity index (χ2v) is 9.23. The van der Waals surface area contributed by atoms with Crippen LogP contribution in [0.25, 0.3) is 11.3 Å². The van der Waals surface area contributed by atoms with Gasteiger partial charge in [-0.3, -0.25) is 13.9 Å². The highest BCUT2D eigenvalue weighted by Crippen LogP contribution is 2.22. The van der Waals surface area contributed by atoms with Gasteiger partial charge in [0, 0.05) is 11.3 Å². The Balaban J connectivity index is 1.78. The van der Waals surface area contributed by atoms with Gasteiger partial charge in [-0.25, -0.2) is 18.4 Å². The molecule has 162 valence electrons. The molecular weight excluding hydrogens is 443 g/mol. The van der Waals surface area contributed by atoms with Crippen LogP contribution in [0.3, 0.4) is 0 Å². The average Bonchev–Trinajstić information content (AvgIpc) is 2.74. The summed E-state index contributed by atoms with van der Waals surface area (Å²) in [5.74, 6) is -1.59. The third-order valence-electron chi connectivity index (χ3n) is 4.17. The van der Waals surface area contributed by atoms with Crippen LogP contribution in [0.4, 0.5) is 11.5 Å². The molecule has 0 aliphatic carbocycles. The number of nitrogens with one attached hydrogen (secondary N) is 1. The van der Waals surface area contributed by atoms with Crippen LogP contribution in [-0.2, 0) is 18.9 Å². The fourth-order valence-corrected chi connectivity index (χ4v) is 4.27. The summed E-state index contributed by atoms with van der Waals surface area (Å²) >= 11 is 0. The minimum Gasteiger partial charge on any atom is -0.382 e. The van der Waals surface area contributed by atoms with E-state index in [-0.39, 0.29) is 16.4 Å². The number of benzene rings is 2. The Kier molecular flexibility index (Phi) is 6.81.